The number of methoxy groups -OCH3 is 1. The van der Waals surface area contributed by atoms with Gasteiger partial charge in [0.25, 0.3) is 0 Å². The molecule has 0 saturated heterocycles. The summed E-state index contributed by atoms with van der Waals surface area (Å²) in [5.74, 6) is 0.135. The van der Waals surface area contributed by atoms with Crippen LogP contribution in [0.5, 0.6) is 23.0 Å². The smallest absolute Gasteiger partial charge is 0.336 e. The average molecular weight is 589 g/mol. The second-order valence-electron chi connectivity index (χ2n) is 10.8. The van der Waals surface area contributed by atoms with Crippen LogP contribution in [0.1, 0.15) is 63.0 Å². The number of hydrogen-bond donors (Lipinski definition) is 1. The number of ketones is 1. The number of carbonyl (C=O) groups is 2. The van der Waals surface area contributed by atoms with Crippen molar-refractivity contribution in [2.75, 3.05) is 7.11 Å². The van der Waals surface area contributed by atoms with Gasteiger partial charge in [-0.1, -0.05) is 6.07 Å². The molecule has 1 N–H and O–H groups in total. The van der Waals surface area contributed by atoms with Crippen LogP contribution in [0.2, 0.25) is 0 Å². The van der Waals surface area contributed by atoms with Crippen LogP contribution < -0.4 is 18.9 Å². The molecular weight excluding hydrogens is 552 g/mol. The molecule has 0 amide bonds. The van der Waals surface area contributed by atoms with Crippen molar-refractivity contribution in [2.24, 2.45) is 0 Å². The summed E-state index contributed by atoms with van der Waals surface area (Å²) >= 11 is 0. The molecule has 0 saturated carbocycles. The summed E-state index contributed by atoms with van der Waals surface area (Å²) in [5.41, 5.74) is 1.89. The summed E-state index contributed by atoms with van der Waals surface area (Å²) in [6.07, 6.45) is -0.594. The highest BCUT2D eigenvalue weighted by Crippen LogP contribution is 2.42. The van der Waals surface area contributed by atoms with E-state index in [1.165, 1.54) is 13.2 Å². The van der Waals surface area contributed by atoms with Crippen molar-refractivity contribution in [3.63, 3.8) is 0 Å². The third-order valence-electron chi connectivity index (χ3n) is 6.22. The molecule has 1 heterocycles. The van der Waals surface area contributed by atoms with Gasteiger partial charge in [0.15, 0.2) is 17.3 Å². The Labute approximate surface area is 250 Å². The molecule has 0 spiro atoms. The van der Waals surface area contributed by atoms with Crippen LogP contribution in [0.25, 0.3) is 16.6 Å². The summed E-state index contributed by atoms with van der Waals surface area (Å²) in [5, 5.41) is 18.2. The molecule has 4 aromatic rings. The van der Waals surface area contributed by atoms with Gasteiger partial charge in [-0.3, -0.25) is 4.79 Å². The Hall–Kier alpha value is -4.86. The van der Waals surface area contributed by atoms with E-state index in [1.807, 2.05) is 41.5 Å². The van der Waals surface area contributed by atoms with Crippen LogP contribution in [-0.2, 0) is 11.2 Å². The Morgan fingerprint density at radius 3 is 1.86 bits per heavy atom. The highest BCUT2D eigenvalue weighted by atomic mass is 16.6. The van der Waals surface area contributed by atoms with Crippen LogP contribution in [0.4, 0.5) is 0 Å². The van der Waals surface area contributed by atoms with Gasteiger partial charge in [0.05, 0.1) is 31.0 Å². The normalized spacial score (nSPS) is 12.0. The van der Waals surface area contributed by atoms with E-state index in [4.69, 9.17) is 23.6 Å². The molecular formula is C33H36N2O8. The molecule has 0 aliphatic carbocycles. The topological polar surface area (TPSA) is 130 Å². The first-order chi connectivity index (χ1) is 20.5. The van der Waals surface area contributed by atoms with E-state index in [0.29, 0.717) is 45.2 Å². The van der Waals surface area contributed by atoms with Crippen LogP contribution in [0.15, 0.2) is 64.8 Å². The van der Waals surface area contributed by atoms with Crippen molar-refractivity contribution < 1.29 is 38.3 Å². The summed E-state index contributed by atoms with van der Waals surface area (Å²) in [7, 11) is 1.53. The molecule has 10 heteroatoms. The highest BCUT2D eigenvalue weighted by Gasteiger charge is 2.26. The molecule has 1 aromatic heterocycles. The zero-order chi connectivity index (χ0) is 31.3. The number of ether oxygens (including phenoxy) is 4. The van der Waals surface area contributed by atoms with Crippen LogP contribution >= 0.6 is 0 Å². The Bertz CT molecular complexity index is 1600. The summed E-state index contributed by atoms with van der Waals surface area (Å²) in [6, 6.07) is 14.7. The van der Waals surface area contributed by atoms with Crippen molar-refractivity contribution in [2.45, 2.75) is 66.3 Å². The maximum atomic E-state index is 14.1. The van der Waals surface area contributed by atoms with E-state index in [2.05, 4.69) is 10.3 Å². The number of carboxylic acid groups (broad SMARTS) is 1. The van der Waals surface area contributed by atoms with E-state index >= 15 is 0 Å². The first-order valence-electron chi connectivity index (χ1n) is 14.0. The predicted octanol–water partition coefficient (Wildman–Crippen LogP) is 6.56. The lowest BCUT2D eigenvalue weighted by atomic mass is 9.89. The van der Waals surface area contributed by atoms with Crippen molar-refractivity contribution in [3.05, 3.63) is 76.9 Å². The lowest BCUT2D eigenvalue weighted by Gasteiger charge is -2.23. The minimum absolute atomic E-state index is 0.0491. The zero-order valence-corrected chi connectivity index (χ0v) is 25.3. The molecule has 0 aliphatic rings. The molecule has 0 radical (unpaired) electrons. The zero-order valence-electron chi connectivity index (χ0n) is 25.3. The second kappa shape index (κ2) is 13.4. The molecule has 0 bridgehead atoms. The van der Waals surface area contributed by atoms with E-state index in [-0.39, 0.29) is 41.4 Å². The number of aliphatic carboxylic acids is 1. The Morgan fingerprint density at radius 2 is 1.33 bits per heavy atom. The van der Waals surface area contributed by atoms with Gasteiger partial charge < -0.3 is 24.1 Å². The van der Waals surface area contributed by atoms with Crippen LogP contribution in [-0.4, -0.2) is 52.6 Å². The monoisotopic (exact) mass is 588 g/mol. The number of hydrogen-bond acceptors (Lipinski definition) is 9. The summed E-state index contributed by atoms with van der Waals surface area (Å²) in [4.78, 5) is 27.0. The third kappa shape index (κ3) is 7.51. The number of Topliss-reactive ketones (excluding diaryl/α,β-unsaturated/α-hetero) is 1. The minimum atomic E-state index is -1.27. The van der Waals surface area contributed by atoms with Gasteiger partial charge in [0, 0.05) is 17.6 Å². The predicted molar refractivity (Wildman–Crippen MR) is 161 cm³/mol. The Balaban J connectivity index is 1.95. The molecule has 10 nitrogen and oxygen atoms in total. The third-order valence-corrected chi connectivity index (χ3v) is 6.22. The standard InChI is InChI=1S/C33H36N2O8/c1-18(2)40-28-15-21(16-29(41-19(3)4)32(28)42-20(5)6)14-25(31(36)22-8-11-24(39-7)12-9-22)30(33(37)38)23-10-13-26-27(17-23)35-43-34-26/h8-13,15-20H,14H2,1-7H3,(H,37,38)/b30-25+. The number of aromatic nitrogens is 2. The molecule has 0 fully saturated rings. The van der Waals surface area contributed by atoms with E-state index < -0.39 is 11.8 Å². The largest absolute Gasteiger partial charge is 0.497 e. The van der Waals surface area contributed by atoms with Gasteiger partial charge in [0.1, 0.15) is 16.8 Å². The van der Waals surface area contributed by atoms with E-state index in [0.717, 1.165) is 0 Å². The van der Waals surface area contributed by atoms with Gasteiger partial charge >= 0.3 is 5.97 Å². The van der Waals surface area contributed by atoms with Crippen LogP contribution in [0, 0.1) is 0 Å². The highest BCUT2D eigenvalue weighted by molar-refractivity contribution is 6.26. The number of rotatable bonds is 13. The van der Waals surface area contributed by atoms with Gasteiger partial charge in [-0.2, -0.15) is 0 Å². The molecule has 43 heavy (non-hydrogen) atoms. The lowest BCUT2D eigenvalue weighted by Crippen LogP contribution is -2.16. The lowest BCUT2D eigenvalue weighted by molar-refractivity contribution is -0.130. The molecule has 226 valence electrons. The molecule has 3 aromatic carbocycles. The van der Waals surface area contributed by atoms with E-state index in [9.17, 15) is 14.7 Å². The van der Waals surface area contributed by atoms with Crippen molar-refractivity contribution in [1.82, 2.24) is 10.3 Å². The molecule has 0 unspecified atom stereocenters. The first kappa shape index (κ1) is 31.1. The number of nitrogens with zero attached hydrogens (tertiary/aromatic N) is 2. The summed E-state index contributed by atoms with van der Waals surface area (Å²) in [6.45, 7) is 11.4. The molecule has 0 aliphatic heterocycles. The molecule has 4 rings (SSSR count). The van der Waals surface area contributed by atoms with E-state index in [1.54, 1.807) is 48.5 Å². The fourth-order valence-electron chi connectivity index (χ4n) is 4.54. The number of carbonyl (C=O) groups excluding carboxylic acids is 1. The number of benzene rings is 3. The second-order valence-corrected chi connectivity index (χ2v) is 10.8. The van der Waals surface area contributed by atoms with Gasteiger partial charge in [-0.25, -0.2) is 9.42 Å². The average Bonchev–Trinajstić information content (AvgIpc) is 3.41. The Morgan fingerprint density at radius 1 is 0.767 bits per heavy atom. The first-order valence-corrected chi connectivity index (χ1v) is 14.0. The SMILES string of the molecule is COc1ccc(C(=O)/C(Cc2cc(OC(C)C)c(OC(C)C)c(OC(C)C)c2)=C(/C(=O)O)c2ccc3nonc3c2)cc1. The van der Waals surface area contributed by atoms with Gasteiger partial charge in [-0.15, -0.1) is 0 Å². The van der Waals surface area contributed by atoms with Crippen molar-refractivity contribution in [3.8, 4) is 23.0 Å². The number of fused-ring (bicyclic) bond motifs is 1. The quantitative estimate of drug-likeness (QED) is 0.135. The van der Waals surface area contributed by atoms with Crippen molar-refractivity contribution >= 4 is 28.4 Å². The fraction of sp³-hybridized carbons (Fsp3) is 0.333. The fourth-order valence-corrected chi connectivity index (χ4v) is 4.54. The maximum Gasteiger partial charge on any atom is 0.336 e. The maximum absolute atomic E-state index is 14.1. The van der Waals surface area contributed by atoms with Gasteiger partial charge in [0.2, 0.25) is 5.75 Å². The number of allylic oxidation sites excluding steroid dienone is 1. The van der Waals surface area contributed by atoms with Crippen molar-refractivity contribution in [1.29, 1.82) is 0 Å². The minimum Gasteiger partial charge on any atom is -0.497 e. The molecule has 0 atom stereocenters. The Kier molecular flexibility index (Phi) is 9.70. The van der Waals surface area contributed by atoms with Crippen LogP contribution in [0.3, 0.4) is 0 Å². The number of carboxylic acids is 1. The summed E-state index contributed by atoms with van der Waals surface area (Å²) < 4.78 is 28.4. The van der Waals surface area contributed by atoms with Gasteiger partial charge in [-0.05, 0) is 112 Å².